The number of hydrogen-bond donors (Lipinski definition) is 2. The highest BCUT2D eigenvalue weighted by Gasteiger charge is 2.36. The standard InChI is InChI=1S/C17H15N3O5S/c1-9-12(6-7-14(22)23)26-17(18-9)19-13(21)8-20-15(24)10-4-2-3-5-11(10)16(20)25/h2-5H,6-8H2,1H3,(H,22,23)(H,18,19,21). The van der Waals surface area contributed by atoms with Crippen molar-refractivity contribution in [1.29, 1.82) is 0 Å². The van der Waals surface area contributed by atoms with Crippen LogP contribution in [0.2, 0.25) is 0 Å². The van der Waals surface area contributed by atoms with Crippen LogP contribution in [-0.2, 0) is 16.0 Å². The summed E-state index contributed by atoms with van der Waals surface area (Å²) in [7, 11) is 0. The lowest BCUT2D eigenvalue weighted by Gasteiger charge is -2.12. The molecule has 0 saturated carbocycles. The van der Waals surface area contributed by atoms with Gasteiger partial charge in [-0.1, -0.05) is 12.1 Å². The fraction of sp³-hybridized carbons (Fsp3) is 0.235. The highest BCUT2D eigenvalue weighted by Crippen LogP contribution is 2.25. The van der Waals surface area contributed by atoms with E-state index >= 15 is 0 Å². The van der Waals surface area contributed by atoms with E-state index in [-0.39, 0.29) is 17.5 Å². The van der Waals surface area contributed by atoms with E-state index in [0.717, 1.165) is 9.78 Å². The first kappa shape index (κ1) is 17.7. The van der Waals surface area contributed by atoms with Crippen molar-refractivity contribution >= 4 is 40.2 Å². The Hall–Kier alpha value is -3.07. The zero-order valence-electron chi connectivity index (χ0n) is 13.8. The minimum Gasteiger partial charge on any atom is -0.481 e. The first-order valence-corrected chi connectivity index (χ1v) is 8.61. The van der Waals surface area contributed by atoms with Crippen LogP contribution in [0.3, 0.4) is 0 Å². The molecule has 0 saturated heterocycles. The average Bonchev–Trinajstić information content (AvgIpc) is 3.06. The Kier molecular flexibility index (Phi) is 4.81. The molecule has 2 heterocycles. The lowest BCUT2D eigenvalue weighted by Crippen LogP contribution is -2.37. The van der Waals surface area contributed by atoms with Crippen LogP contribution < -0.4 is 5.32 Å². The van der Waals surface area contributed by atoms with E-state index in [0.29, 0.717) is 17.2 Å². The van der Waals surface area contributed by atoms with Crippen LogP contribution in [-0.4, -0.2) is 45.2 Å². The molecular weight excluding hydrogens is 358 g/mol. The van der Waals surface area contributed by atoms with Gasteiger partial charge in [-0.2, -0.15) is 0 Å². The molecule has 0 spiro atoms. The molecule has 0 atom stereocenters. The average molecular weight is 373 g/mol. The SMILES string of the molecule is Cc1nc(NC(=O)CN2C(=O)c3ccccc3C2=O)sc1CCC(=O)O. The molecule has 8 nitrogen and oxygen atoms in total. The van der Waals surface area contributed by atoms with Gasteiger partial charge < -0.3 is 10.4 Å². The second kappa shape index (κ2) is 7.04. The van der Waals surface area contributed by atoms with Crippen molar-refractivity contribution in [1.82, 2.24) is 9.88 Å². The molecule has 1 aromatic heterocycles. The van der Waals surface area contributed by atoms with Crippen LogP contribution in [0.1, 0.15) is 37.7 Å². The largest absolute Gasteiger partial charge is 0.481 e. The van der Waals surface area contributed by atoms with E-state index in [4.69, 9.17) is 5.11 Å². The molecule has 2 N–H and O–H groups in total. The van der Waals surface area contributed by atoms with Crippen molar-refractivity contribution in [2.45, 2.75) is 19.8 Å². The van der Waals surface area contributed by atoms with E-state index in [2.05, 4.69) is 10.3 Å². The van der Waals surface area contributed by atoms with E-state index in [9.17, 15) is 19.2 Å². The van der Waals surface area contributed by atoms with Crippen molar-refractivity contribution in [3.05, 3.63) is 46.0 Å². The van der Waals surface area contributed by atoms with E-state index in [1.165, 1.54) is 11.3 Å². The topological polar surface area (TPSA) is 117 Å². The molecule has 0 aliphatic carbocycles. The number of nitrogens with one attached hydrogen (secondary N) is 1. The van der Waals surface area contributed by atoms with E-state index in [1.807, 2.05) is 0 Å². The van der Waals surface area contributed by atoms with Gasteiger partial charge in [0.25, 0.3) is 11.8 Å². The summed E-state index contributed by atoms with van der Waals surface area (Å²) in [5, 5.41) is 11.6. The number of carbonyl (C=O) groups excluding carboxylic acids is 3. The zero-order valence-corrected chi connectivity index (χ0v) is 14.6. The molecule has 26 heavy (non-hydrogen) atoms. The molecule has 9 heteroatoms. The van der Waals surface area contributed by atoms with Crippen molar-refractivity contribution in [2.75, 3.05) is 11.9 Å². The summed E-state index contributed by atoms with van der Waals surface area (Å²) < 4.78 is 0. The lowest BCUT2D eigenvalue weighted by molar-refractivity contribution is -0.137. The number of aromatic nitrogens is 1. The summed E-state index contributed by atoms with van der Waals surface area (Å²) in [5.74, 6) is -2.46. The summed E-state index contributed by atoms with van der Waals surface area (Å²) in [4.78, 5) is 53.2. The lowest BCUT2D eigenvalue weighted by atomic mass is 10.1. The molecule has 134 valence electrons. The maximum atomic E-state index is 12.3. The van der Waals surface area contributed by atoms with Crippen LogP contribution in [0.25, 0.3) is 0 Å². The number of nitrogens with zero attached hydrogens (tertiary/aromatic N) is 2. The van der Waals surface area contributed by atoms with Gasteiger partial charge >= 0.3 is 5.97 Å². The number of imide groups is 1. The van der Waals surface area contributed by atoms with Crippen molar-refractivity contribution in [3.63, 3.8) is 0 Å². The fourth-order valence-corrected chi connectivity index (χ4v) is 3.60. The predicted octanol–water partition coefficient (Wildman–Crippen LogP) is 1.70. The van der Waals surface area contributed by atoms with Crippen LogP contribution in [0.4, 0.5) is 5.13 Å². The number of aryl methyl sites for hydroxylation is 2. The van der Waals surface area contributed by atoms with Gasteiger partial charge in [-0.25, -0.2) is 4.98 Å². The smallest absolute Gasteiger partial charge is 0.303 e. The fourth-order valence-electron chi connectivity index (χ4n) is 2.62. The maximum Gasteiger partial charge on any atom is 0.303 e. The van der Waals surface area contributed by atoms with E-state index < -0.39 is 30.2 Å². The molecule has 0 unspecified atom stereocenters. The Morgan fingerprint density at radius 2 is 1.81 bits per heavy atom. The van der Waals surface area contributed by atoms with Crippen LogP contribution in [0.5, 0.6) is 0 Å². The molecule has 1 aliphatic rings. The van der Waals surface area contributed by atoms with Gasteiger partial charge in [0.2, 0.25) is 5.91 Å². The number of rotatable bonds is 6. The molecule has 0 fully saturated rings. The number of amides is 3. The van der Waals surface area contributed by atoms with Gasteiger partial charge in [0.05, 0.1) is 23.2 Å². The molecular formula is C17H15N3O5S. The van der Waals surface area contributed by atoms with Gasteiger partial charge in [-0.05, 0) is 25.5 Å². The van der Waals surface area contributed by atoms with Gasteiger partial charge in [0, 0.05) is 4.88 Å². The molecule has 2 aromatic rings. The molecule has 3 amide bonds. The van der Waals surface area contributed by atoms with Gasteiger partial charge in [-0.3, -0.25) is 24.1 Å². The number of anilines is 1. The molecule has 1 aliphatic heterocycles. The van der Waals surface area contributed by atoms with Gasteiger partial charge in [0.1, 0.15) is 6.54 Å². The number of hydrogen-bond acceptors (Lipinski definition) is 6. The molecule has 0 bridgehead atoms. The summed E-state index contributed by atoms with van der Waals surface area (Å²) in [5.41, 5.74) is 1.21. The predicted molar refractivity (Wildman–Crippen MR) is 93.2 cm³/mol. The van der Waals surface area contributed by atoms with E-state index in [1.54, 1.807) is 31.2 Å². The Labute approximate surface area is 152 Å². The third kappa shape index (κ3) is 3.47. The Balaban J connectivity index is 1.65. The van der Waals surface area contributed by atoms with Gasteiger partial charge in [0.15, 0.2) is 5.13 Å². The highest BCUT2D eigenvalue weighted by molar-refractivity contribution is 7.15. The number of carbonyl (C=O) groups is 4. The zero-order chi connectivity index (χ0) is 18.8. The highest BCUT2D eigenvalue weighted by atomic mass is 32.1. The van der Waals surface area contributed by atoms with Crippen LogP contribution in [0, 0.1) is 6.92 Å². The maximum absolute atomic E-state index is 12.3. The molecule has 0 radical (unpaired) electrons. The molecule has 1 aromatic carbocycles. The Morgan fingerprint density at radius 1 is 1.19 bits per heavy atom. The minimum atomic E-state index is -0.908. The normalized spacial score (nSPS) is 13.0. The quantitative estimate of drug-likeness (QED) is 0.745. The Morgan fingerprint density at radius 3 is 2.38 bits per heavy atom. The second-order valence-corrected chi connectivity index (χ2v) is 6.80. The number of carboxylic acid groups (broad SMARTS) is 1. The third-order valence-electron chi connectivity index (χ3n) is 3.88. The summed E-state index contributed by atoms with van der Waals surface area (Å²) in [6, 6.07) is 6.41. The molecule has 3 rings (SSSR count). The first-order valence-electron chi connectivity index (χ1n) is 7.80. The second-order valence-electron chi connectivity index (χ2n) is 5.71. The summed E-state index contributed by atoms with van der Waals surface area (Å²) in [6.07, 6.45) is 0.304. The van der Waals surface area contributed by atoms with Crippen molar-refractivity contribution in [3.8, 4) is 0 Å². The van der Waals surface area contributed by atoms with Crippen molar-refractivity contribution in [2.24, 2.45) is 0 Å². The summed E-state index contributed by atoms with van der Waals surface area (Å²) >= 11 is 1.18. The van der Waals surface area contributed by atoms with Crippen LogP contribution >= 0.6 is 11.3 Å². The Bertz CT molecular complexity index is 886. The van der Waals surface area contributed by atoms with Crippen LogP contribution in [0.15, 0.2) is 24.3 Å². The number of fused-ring (bicyclic) bond motifs is 1. The number of thiazole rings is 1. The third-order valence-corrected chi connectivity index (χ3v) is 5.02. The first-order chi connectivity index (χ1) is 12.4. The summed E-state index contributed by atoms with van der Waals surface area (Å²) in [6.45, 7) is 1.32. The number of aliphatic carboxylic acids is 1. The number of benzene rings is 1. The minimum absolute atomic E-state index is 0.0224. The number of carboxylic acids is 1. The van der Waals surface area contributed by atoms with Crippen molar-refractivity contribution < 1.29 is 24.3 Å². The van der Waals surface area contributed by atoms with Gasteiger partial charge in [-0.15, -0.1) is 11.3 Å². The monoisotopic (exact) mass is 373 g/mol.